The molecule has 0 aliphatic rings. The van der Waals surface area contributed by atoms with Gasteiger partial charge in [0.15, 0.2) is 5.58 Å². The number of hydrogen-bond donors (Lipinski definition) is 1. The Morgan fingerprint density at radius 2 is 1.93 bits per heavy atom. The number of oxazole rings is 1. The standard InChI is InChI=1S/C19H11F3N4O3/c20-19(21,22)29-12-4-1-3-11(9-12)18-26-16-13(5-2-6-15(16)28-18)25-17(27)14-10-23-7-8-24-14/h1-10H,(H,25,27). The Balaban J connectivity index is 1.66. The summed E-state index contributed by atoms with van der Waals surface area (Å²) in [6, 6.07) is 10.1. The van der Waals surface area contributed by atoms with Gasteiger partial charge in [0.25, 0.3) is 5.91 Å². The second-order valence-corrected chi connectivity index (χ2v) is 5.79. The highest BCUT2D eigenvalue weighted by Crippen LogP contribution is 2.31. The molecule has 4 rings (SSSR count). The fourth-order valence-corrected chi connectivity index (χ4v) is 2.60. The predicted octanol–water partition coefficient (Wildman–Crippen LogP) is 4.44. The van der Waals surface area contributed by atoms with Gasteiger partial charge in [0.2, 0.25) is 5.89 Å². The molecule has 1 N–H and O–H groups in total. The van der Waals surface area contributed by atoms with Gasteiger partial charge in [-0.05, 0) is 30.3 Å². The number of para-hydroxylation sites is 1. The Morgan fingerprint density at radius 3 is 2.69 bits per heavy atom. The van der Waals surface area contributed by atoms with E-state index in [0.717, 1.165) is 6.07 Å². The lowest BCUT2D eigenvalue weighted by atomic mass is 10.2. The highest BCUT2D eigenvalue weighted by atomic mass is 19.4. The van der Waals surface area contributed by atoms with Crippen molar-refractivity contribution in [3.63, 3.8) is 0 Å². The number of alkyl halides is 3. The maximum atomic E-state index is 12.4. The van der Waals surface area contributed by atoms with Crippen LogP contribution in [-0.2, 0) is 0 Å². The molecule has 0 aliphatic carbocycles. The second-order valence-electron chi connectivity index (χ2n) is 5.79. The lowest BCUT2D eigenvalue weighted by Crippen LogP contribution is -2.17. The maximum absolute atomic E-state index is 12.4. The first-order valence-electron chi connectivity index (χ1n) is 8.22. The Morgan fingerprint density at radius 1 is 1.10 bits per heavy atom. The number of halogens is 3. The maximum Gasteiger partial charge on any atom is 0.573 e. The third-order valence-electron chi connectivity index (χ3n) is 3.78. The number of carbonyl (C=O) groups is 1. The van der Waals surface area contributed by atoms with Crippen molar-refractivity contribution >= 4 is 22.7 Å². The van der Waals surface area contributed by atoms with E-state index in [-0.39, 0.29) is 17.1 Å². The van der Waals surface area contributed by atoms with E-state index in [1.54, 1.807) is 18.2 Å². The van der Waals surface area contributed by atoms with E-state index in [4.69, 9.17) is 4.42 Å². The summed E-state index contributed by atoms with van der Waals surface area (Å²) >= 11 is 0. The number of fused-ring (bicyclic) bond motifs is 1. The average Bonchev–Trinajstić information content (AvgIpc) is 3.13. The van der Waals surface area contributed by atoms with Gasteiger partial charge in [-0.1, -0.05) is 12.1 Å². The summed E-state index contributed by atoms with van der Waals surface area (Å²) in [6.45, 7) is 0. The van der Waals surface area contributed by atoms with Crippen molar-refractivity contribution in [2.45, 2.75) is 6.36 Å². The van der Waals surface area contributed by atoms with Gasteiger partial charge in [0.05, 0.1) is 11.9 Å². The van der Waals surface area contributed by atoms with Crippen LogP contribution in [0.2, 0.25) is 0 Å². The first-order chi connectivity index (χ1) is 13.9. The zero-order chi connectivity index (χ0) is 20.4. The fourth-order valence-electron chi connectivity index (χ4n) is 2.60. The number of aromatic nitrogens is 3. The van der Waals surface area contributed by atoms with Gasteiger partial charge in [-0.2, -0.15) is 0 Å². The van der Waals surface area contributed by atoms with Crippen LogP contribution in [0.1, 0.15) is 10.5 Å². The molecule has 7 nitrogen and oxygen atoms in total. The number of hydrogen-bond acceptors (Lipinski definition) is 6. The Bertz CT molecular complexity index is 1180. The summed E-state index contributed by atoms with van der Waals surface area (Å²) in [5.41, 5.74) is 1.44. The normalized spacial score (nSPS) is 11.4. The molecule has 0 saturated carbocycles. The van der Waals surface area contributed by atoms with Crippen LogP contribution in [0.3, 0.4) is 0 Å². The zero-order valence-corrected chi connectivity index (χ0v) is 14.5. The van der Waals surface area contributed by atoms with E-state index in [1.165, 1.54) is 36.8 Å². The molecule has 0 aliphatic heterocycles. The smallest absolute Gasteiger partial charge is 0.436 e. The van der Waals surface area contributed by atoms with E-state index in [1.807, 2.05) is 0 Å². The van der Waals surface area contributed by atoms with Gasteiger partial charge in [-0.3, -0.25) is 9.78 Å². The first kappa shape index (κ1) is 18.4. The van der Waals surface area contributed by atoms with Crippen LogP contribution < -0.4 is 10.1 Å². The topological polar surface area (TPSA) is 90.1 Å². The quantitative estimate of drug-likeness (QED) is 0.545. The van der Waals surface area contributed by atoms with E-state index in [0.29, 0.717) is 16.8 Å². The molecule has 0 atom stereocenters. The minimum Gasteiger partial charge on any atom is -0.436 e. The molecule has 10 heteroatoms. The molecular weight excluding hydrogens is 389 g/mol. The number of anilines is 1. The van der Waals surface area contributed by atoms with Crippen LogP contribution in [0, 0.1) is 0 Å². The summed E-state index contributed by atoms with van der Waals surface area (Å²) in [6.07, 6.45) is -0.661. The largest absolute Gasteiger partial charge is 0.573 e. The van der Waals surface area contributed by atoms with Crippen molar-refractivity contribution in [2.75, 3.05) is 5.32 Å². The molecule has 0 saturated heterocycles. The molecule has 29 heavy (non-hydrogen) atoms. The Labute approximate surface area is 161 Å². The zero-order valence-electron chi connectivity index (χ0n) is 14.5. The molecule has 0 bridgehead atoms. The SMILES string of the molecule is O=C(Nc1cccc2oc(-c3cccc(OC(F)(F)F)c3)nc12)c1cnccn1. The number of amides is 1. The van der Waals surface area contributed by atoms with Gasteiger partial charge >= 0.3 is 6.36 Å². The van der Waals surface area contributed by atoms with Gasteiger partial charge < -0.3 is 14.5 Å². The van der Waals surface area contributed by atoms with E-state index in [9.17, 15) is 18.0 Å². The highest BCUT2D eigenvalue weighted by molar-refractivity contribution is 6.06. The molecule has 2 heterocycles. The van der Waals surface area contributed by atoms with E-state index < -0.39 is 18.0 Å². The van der Waals surface area contributed by atoms with Crippen molar-refractivity contribution in [1.82, 2.24) is 15.0 Å². The molecular formula is C19H11F3N4O3. The monoisotopic (exact) mass is 400 g/mol. The molecule has 0 spiro atoms. The first-order valence-corrected chi connectivity index (χ1v) is 8.22. The number of rotatable bonds is 4. The number of benzene rings is 2. The van der Waals surface area contributed by atoms with Gasteiger partial charge in [0, 0.05) is 18.0 Å². The molecule has 0 fully saturated rings. The summed E-state index contributed by atoms with van der Waals surface area (Å²) in [7, 11) is 0. The van der Waals surface area contributed by atoms with Gasteiger partial charge in [0.1, 0.15) is 17.0 Å². The lowest BCUT2D eigenvalue weighted by molar-refractivity contribution is -0.274. The van der Waals surface area contributed by atoms with Gasteiger partial charge in [-0.15, -0.1) is 13.2 Å². The van der Waals surface area contributed by atoms with Crippen molar-refractivity contribution in [2.24, 2.45) is 0 Å². The molecule has 4 aromatic rings. The van der Waals surface area contributed by atoms with Crippen molar-refractivity contribution in [3.05, 3.63) is 66.7 Å². The lowest BCUT2D eigenvalue weighted by Gasteiger charge is -2.08. The summed E-state index contributed by atoms with van der Waals surface area (Å²) in [5.74, 6) is -0.807. The summed E-state index contributed by atoms with van der Waals surface area (Å²) < 4.78 is 46.9. The number of nitrogens with zero attached hydrogens (tertiary/aromatic N) is 3. The molecule has 0 radical (unpaired) electrons. The van der Waals surface area contributed by atoms with Gasteiger partial charge in [-0.25, -0.2) is 9.97 Å². The van der Waals surface area contributed by atoms with E-state index >= 15 is 0 Å². The van der Waals surface area contributed by atoms with Crippen molar-refractivity contribution in [1.29, 1.82) is 0 Å². The minimum absolute atomic E-state index is 0.0776. The molecule has 1 amide bonds. The molecule has 146 valence electrons. The molecule has 2 aromatic carbocycles. The van der Waals surface area contributed by atoms with Crippen LogP contribution in [0.25, 0.3) is 22.6 Å². The van der Waals surface area contributed by atoms with E-state index in [2.05, 4.69) is 25.0 Å². The fraction of sp³-hybridized carbons (Fsp3) is 0.0526. The minimum atomic E-state index is -4.81. The number of carbonyl (C=O) groups excluding carboxylic acids is 1. The van der Waals surface area contributed by atoms with Crippen LogP contribution in [0.5, 0.6) is 5.75 Å². The third kappa shape index (κ3) is 4.15. The predicted molar refractivity (Wildman–Crippen MR) is 96.1 cm³/mol. The summed E-state index contributed by atoms with van der Waals surface area (Å²) in [4.78, 5) is 24.4. The van der Waals surface area contributed by atoms with Crippen LogP contribution in [0.4, 0.5) is 18.9 Å². The van der Waals surface area contributed by atoms with Crippen LogP contribution in [0.15, 0.2) is 65.5 Å². The number of ether oxygens (including phenoxy) is 1. The Hall–Kier alpha value is -3.95. The number of nitrogens with one attached hydrogen (secondary N) is 1. The second kappa shape index (κ2) is 7.23. The average molecular weight is 400 g/mol. The Kier molecular flexibility index (Phi) is 4.59. The molecule has 0 unspecified atom stereocenters. The third-order valence-corrected chi connectivity index (χ3v) is 3.78. The van der Waals surface area contributed by atoms with Crippen molar-refractivity contribution in [3.8, 4) is 17.2 Å². The highest BCUT2D eigenvalue weighted by Gasteiger charge is 2.31. The van der Waals surface area contributed by atoms with Crippen LogP contribution in [-0.4, -0.2) is 27.2 Å². The molecule has 2 aromatic heterocycles. The van der Waals surface area contributed by atoms with Crippen molar-refractivity contribution < 1.29 is 27.1 Å². The van der Waals surface area contributed by atoms with Crippen LogP contribution >= 0.6 is 0 Å². The summed E-state index contributed by atoms with van der Waals surface area (Å²) in [5, 5.41) is 2.67.